The zero-order valence-corrected chi connectivity index (χ0v) is 13.0. The minimum absolute atomic E-state index is 0.170. The Kier molecular flexibility index (Phi) is 3.27. The number of nitrogens with zero attached hydrogens (tertiary/aromatic N) is 4. The van der Waals surface area contributed by atoms with Crippen molar-refractivity contribution in [1.29, 1.82) is 0 Å². The zero-order chi connectivity index (χ0) is 15.2. The van der Waals surface area contributed by atoms with E-state index in [4.69, 9.17) is 0 Å². The second-order valence-corrected chi connectivity index (χ2v) is 8.48. The molecule has 1 aromatic carbocycles. The molecular weight excluding hydrogens is 300 g/mol. The fourth-order valence-electron chi connectivity index (χ4n) is 3.51. The largest absolute Gasteiger partial charge is 0.296 e. The molecule has 0 N–H and O–H groups in total. The standard InChI is InChI=1S/C15H18N4O2S/c20-22(21)7-6-12-8-18(11-15(12)22)9-13-10-19(17-16-13)14-4-2-1-3-5-14/h1-5,10,12,15H,6-9,11H2/t12-,15+/m0/s1. The van der Waals surface area contributed by atoms with Gasteiger partial charge in [-0.1, -0.05) is 23.4 Å². The number of sulfone groups is 1. The number of hydrogen-bond acceptors (Lipinski definition) is 5. The number of hydrogen-bond donors (Lipinski definition) is 0. The highest BCUT2D eigenvalue weighted by Crippen LogP contribution is 2.33. The molecule has 22 heavy (non-hydrogen) atoms. The number of para-hydroxylation sites is 1. The molecule has 4 rings (SSSR count). The van der Waals surface area contributed by atoms with Crippen LogP contribution in [-0.4, -0.2) is 52.4 Å². The van der Waals surface area contributed by atoms with Crippen LogP contribution in [0.4, 0.5) is 0 Å². The molecule has 2 atom stereocenters. The summed E-state index contributed by atoms with van der Waals surface area (Å²) in [6, 6.07) is 9.84. The van der Waals surface area contributed by atoms with Gasteiger partial charge in [0, 0.05) is 19.6 Å². The number of likely N-dealkylation sites (tertiary alicyclic amines) is 1. The zero-order valence-electron chi connectivity index (χ0n) is 12.2. The van der Waals surface area contributed by atoms with Crippen molar-refractivity contribution in [2.24, 2.45) is 5.92 Å². The van der Waals surface area contributed by atoms with Crippen LogP contribution in [0.1, 0.15) is 12.1 Å². The van der Waals surface area contributed by atoms with Gasteiger partial charge >= 0.3 is 0 Å². The normalized spacial score (nSPS) is 27.1. The molecular formula is C15H18N4O2S. The van der Waals surface area contributed by atoms with E-state index in [2.05, 4.69) is 15.2 Å². The summed E-state index contributed by atoms with van der Waals surface area (Å²) in [4.78, 5) is 2.19. The molecule has 6 nitrogen and oxygen atoms in total. The van der Waals surface area contributed by atoms with E-state index >= 15 is 0 Å². The molecule has 0 spiro atoms. The van der Waals surface area contributed by atoms with Crippen molar-refractivity contribution in [3.05, 3.63) is 42.2 Å². The lowest BCUT2D eigenvalue weighted by Gasteiger charge is -2.14. The van der Waals surface area contributed by atoms with Crippen LogP contribution in [0.15, 0.2) is 36.5 Å². The van der Waals surface area contributed by atoms with Gasteiger partial charge in [0.15, 0.2) is 9.84 Å². The molecule has 2 saturated heterocycles. The Balaban J connectivity index is 1.46. The van der Waals surface area contributed by atoms with Crippen molar-refractivity contribution in [3.63, 3.8) is 0 Å². The first kappa shape index (κ1) is 13.9. The molecule has 7 heteroatoms. The lowest BCUT2D eigenvalue weighted by molar-refractivity contribution is 0.310. The molecule has 2 fully saturated rings. The minimum Gasteiger partial charge on any atom is -0.296 e. The van der Waals surface area contributed by atoms with E-state index < -0.39 is 9.84 Å². The fourth-order valence-corrected chi connectivity index (χ4v) is 5.69. The van der Waals surface area contributed by atoms with Crippen LogP contribution in [0.5, 0.6) is 0 Å². The first-order valence-corrected chi connectivity index (χ1v) is 9.24. The smallest absolute Gasteiger partial charge is 0.154 e. The quantitative estimate of drug-likeness (QED) is 0.840. The summed E-state index contributed by atoms with van der Waals surface area (Å²) < 4.78 is 25.7. The molecule has 0 aliphatic carbocycles. The Bertz CT molecular complexity index is 772. The third kappa shape index (κ3) is 2.44. The predicted molar refractivity (Wildman–Crippen MR) is 82.3 cm³/mol. The highest BCUT2D eigenvalue weighted by Gasteiger charge is 2.46. The van der Waals surface area contributed by atoms with E-state index in [-0.39, 0.29) is 5.25 Å². The molecule has 2 aliphatic rings. The van der Waals surface area contributed by atoms with E-state index in [1.807, 2.05) is 36.5 Å². The van der Waals surface area contributed by atoms with Gasteiger partial charge in [-0.25, -0.2) is 13.1 Å². The third-order valence-electron chi connectivity index (χ3n) is 4.64. The average molecular weight is 318 g/mol. The van der Waals surface area contributed by atoms with Crippen LogP contribution in [0.25, 0.3) is 5.69 Å². The summed E-state index contributed by atoms with van der Waals surface area (Å²) in [5, 5.41) is 8.19. The van der Waals surface area contributed by atoms with Gasteiger partial charge in [-0.3, -0.25) is 4.90 Å². The van der Waals surface area contributed by atoms with Crippen LogP contribution in [0.2, 0.25) is 0 Å². The molecule has 0 unspecified atom stereocenters. The topological polar surface area (TPSA) is 68.1 Å². The van der Waals surface area contributed by atoms with Crippen molar-refractivity contribution in [2.75, 3.05) is 18.8 Å². The summed E-state index contributed by atoms with van der Waals surface area (Å²) in [6.45, 7) is 2.14. The Morgan fingerprint density at radius 3 is 2.77 bits per heavy atom. The summed E-state index contributed by atoms with van der Waals surface area (Å²) in [5.41, 5.74) is 1.85. The number of fused-ring (bicyclic) bond motifs is 1. The van der Waals surface area contributed by atoms with Crippen LogP contribution in [0, 0.1) is 5.92 Å². The lowest BCUT2D eigenvalue weighted by atomic mass is 10.1. The maximum absolute atomic E-state index is 12.0. The predicted octanol–water partition coefficient (Wildman–Crippen LogP) is 0.886. The molecule has 3 heterocycles. The number of rotatable bonds is 3. The second-order valence-electron chi connectivity index (χ2n) is 6.14. The third-order valence-corrected chi connectivity index (χ3v) is 6.90. The molecule has 0 bridgehead atoms. The van der Waals surface area contributed by atoms with Gasteiger partial charge in [-0.2, -0.15) is 0 Å². The van der Waals surface area contributed by atoms with E-state index in [1.54, 1.807) is 4.68 Å². The highest BCUT2D eigenvalue weighted by atomic mass is 32.2. The molecule has 0 radical (unpaired) electrons. The van der Waals surface area contributed by atoms with Gasteiger partial charge in [-0.15, -0.1) is 5.10 Å². The monoisotopic (exact) mass is 318 g/mol. The summed E-state index contributed by atoms with van der Waals surface area (Å²) >= 11 is 0. The first-order chi connectivity index (χ1) is 10.6. The molecule has 0 saturated carbocycles. The van der Waals surface area contributed by atoms with Crippen LogP contribution in [-0.2, 0) is 16.4 Å². The van der Waals surface area contributed by atoms with Gasteiger partial charge in [-0.05, 0) is 24.5 Å². The first-order valence-electron chi connectivity index (χ1n) is 7.52. The summed E-state index contributed by atoms with van der Waals surface area (Å²) in [7, 11) is -2.87. The SMILES string of the molecule is O=S1(=O)CC[C@H]2CN(Cc3cn(-c4ccccc4)nn3)C[C@H]21. The van der Waals surface area contributed by atoms with E-state index in [0.29, 0.717) is 24.8 Å². The summed E-state index contributed by atoms with van der Waals surface area (Å²) in [5.74, 6) is 0.662. The Hall–Kier alpha value is -1.73. The second kappa shape index (κ2) is 5.17. The lowest BCUT2D eigenvalue weighted by Crippen LogP contribution is -2.26. The Labute approximate surface area is 129 Å². The van der Waals surface area contributed by atoms with E-state index in [1.165, 1.54) is 0 Å². The van der Waals surface area contributed by atoms with Gasteiger partial charge in [0.1, 0.15) is 0 Å². The maximum Gasteiger partial charge on any atom is 0.154 e. The van der Waals surface area contributed by atoms with Crippen molar-refractivity contribution in [3.8, 4) is 5.69 Å². The van der Waals surface area contributed by atoms with Crippen LogP contribution < -0.4 is 0 Å². The Morgan fingerprint density at radius 1 is 1.18 bits per heavy atom. The van der Waals surface area contributed by atoms with Crippen molar-refractivity contribution in [1.82, 2.24) is 19.9 Å². The van der Waals surface area contributed by atoms with Gasteiger partial charge < -0.3 is 0 Å². The fraction of sp³-hybridized carbons (Fsp3) is 0.467. The summed E-state index contributed by atoms with van der Waals surface area (Å²) in [6.07, 6.45) is 2.72. The van der Waals surface area contributed by atoms with Crippen molar-refractivity contribution < 1.29 is 8.42 Å². The molecule has 2 aliphatic heterocycles. The molecule has 0 amide bonds. The van der Waals surface area contributed by atoms with E-state index in [0.717, 1.165) is 24.3 Å². The van der Waals surface area contributed by atoms with Gasteiger partial charge in [0.05, 0.1) is 28.6 Å². The van der Waals surface area contributed by atoms with Crippen molar-refractivity contribution >= 4 is 9.84 Å². The Morgan fingerprint density at radius 2 is 2.00 bits per heavy atom. The van der Waals surface area contributed by atoms with Crippen LogP contribution >= 0.6 is 0 Å². The van der Waals surface area contributed by atoms with Gasteiger partial charge in [0.2, 0.25) is 0 Å². The molecule has 116 valence electrons. The van der Waals surface area contributed by atoms with E-state index in [9.17, 15) is 8.42 Å². The molecule has 1 aromatic heterocycles. The van der Waals surface area contributed by atoms with Crippen molar-refractivity contribution in [2.45, 2.75) is 18.2 Å². The average Bonchev–Trinajstić information content (AvgIpc) is 3.19. The maximum atomic E-state index is 12.0. The molecule has 2 aromatic rings. The van der Waals surface area contributed by atoms with Gasteiger partial charge in [0.25, 0.3) is 0 Å². The highest BCUT2D eigenvalue weighted by molar-refractivity contribution is 7.92. The number of aromatic nitrogens is 3. The number of benzene rings is 1. The minimum atomic E-state index is -2.87. The van der Waals surface area contributed by atoms with Crippen LogP contribution in [0.3, 0.4) is 0 Å².